The summed E-state index contributed by atoms with van der Waals surface area (Å²) in [4.78, 5) is 11.8. The van der Waals surface area contributed by atoms with Crippen LogP contribution in [0.5, 0.6) is 5.75 Å². The molecule has 64 valence electrons. The van der Waals surface area contributed by atoms with Gasteiger partial charge in [-0.2, -0.15) is 0 Å². The Morgan fingerprint density at radius 3 is 2.46 bits per heavy atom. The van der Waals surface area contributed by atoms with Crippen molar-refractivity contribution < 1.29 is 5.11 Å². The van der Waals surface area contributed by atoms with E-state index in [0.717, 1.165) is 5.56 Å². The number of rotatable bonds is 1. The molecule has 0 bridgehead atoms. The van der Waals surface area contributed by atoms with Crippen molar-refractivity contribution in [3.05, 3.63) is 36.9 Å². The number of hydrogen-bond acceptors (Lipinski definition) is 4. The fraction of sp³-hybridized carbons (Fsp3) is 0. The van der Waals surface area contributed by atoms with Crippen molar-refractivity contribution in [1.29, 1.82) is 0 Å². The van der Waals surface area contributed by atoms with Crippen LogP contribution >= 0.6 is 0 Å². The van der Waals surface area contributed by atoms with Gasteiger partial charge in [-0.05, 0) is 12.1 Å². The smallest absolute Gasteiger partial charge is 0.160 e. The zero-order valence-corrected chi connectivity index (χ0v) is 6.75. The first-order chi connectivity index (χ1) is 6.36. The van der Waals surface area contributed by atoms with Crippen molar-refractivity contribution >= 4 is 0 Å². The highest BCUT2D eigenvalue weighted by Gasteiger charge is 1.99. The van der Waals surface area contributed by atoms with E-state index >= 15 is 0 Å². The summed E-state index contributed by atoms with van der Waals surface area (Å²) >= 11 is 0. The Balaban J connectivity index is 2.42. The molecular weight excluding hydrogens is 166 g/mol. The molecule has 0 radical (unpaired) electrons. The molecule has 1 N–H and O–H groups in total. The summed E-state index contributed by atoms with van der Waals surface area (Å²) in [6.45, 7) is 0. The Morgan fingerprint density at radius 2 is 1.85 bits per heavy atom. The van der Waals surface area contributed by atoms with E-state index in [-0.39, 0.29) is 5.75 Å². The third-order valence-corrected chi connectivity index (χ3v) is 1.56. The second-order valence-electron chi connectivity index (χ2n) is 2.51. The predicted octanol–water partition coefficient (Wildman–Crippen LogP) is 1.24. The first-order valence-corrected chi connectivity index (χ1v) is 3.77. The van der Waals surface area contributed by atoms with E-state index in [9.17, 15) is 0 Å². The Morgan fingerprint density at radius 1 is 1.08 bits per heavy atom. The number of aromatic nitrogens is 3. The van der Waals surface area contributed by atoms with Gasteiger partial charge >= 0.3 is 0 Å². The summed E-state index contributed by atoms with van der Waals surface area (Å²) in [7, 11) is 0. The molecule has 0 unspecified atom stereocenters. The topological polar surface area (TPSA) is 58.9 Å². The quantitative estimate of drug-likeness (QED) is 0.704. The minimum atomic E-state index is 0.0626. The lowest BCUT2D eigenvalue weighted by Crippen LogP contribution is -1.87. The van der Waals surface area contributed by atoms with Crippen LogP contribution in [0.4, 0.5) is 0 Å². The fourth-order valence-corrected chi connectivity index (χ4v) is 0.965. The Labute approximate surface area is 74.9 Å². The van der Waals surface area contributed by atoms with E-state index < -0.39 is 0 Å². The van der Waals surface area contributed by atoms with Crippen LogP contribution in [0.15, 0.2) is 36.9 Å². The molecular formula is C9H7N3O. The highest BCUT2D eigenvalue weighted by Crippen LogP contribution is 2.13. The molecule has 4 heteroatoms. The molecule has 0 atom stereocenters. The van der Waals surface area contributed by atoms with Crippen molar-refractivity contribution in [3.63, 3.8) is 0 Å². The van der Waals surface area contributed by atoms with Crippen molar-refractivity contribution in [2.75, 3.05) is 0 Å². The van der Waals surface area contributed by atoms with Gasteiger partial charge < -0.3 is 5.11 Å². The molecule has 2 heterocycles. The molecule has 2 rings (SSSR count). The normalized spacial score (nSPS) is 9.85. The standard InChI is InChI=1S/C9H7N3O/c13-8-5-11-9(12-6-8)7-2-1-3-10-4-7/h1-6,13H. The van der Waals surface area contributed by atoms with Gasteiger partial charge in [0, 0.05) is 18.0 Å². The van der Waals surface area contributed by atoms with Crippen molar-refractivity contribution in [2.45, 2.75) is 0 Å². The third-order valence-electron chi connectivity index (χ3n) is 1.56. The molecule has 0 saturated carbocycles. The van der Waals surface area contributed by atoms with Crippen LogP contribution in [0.1, 0.15) is 0 Å². The van der Waals surface area contributed by atoms with E-state index in [1.165, 1.54) is 12.4 Å². The monoisotopic (exact) mass is 173 g/mol. The SMILES string of the molecule is Oc1cnc(-c2cccnc2)nc1. The summed E-state index contributed by atoms with van der Waals surface area (Å²) < 4.78 is 0. The highest BCUT2D eigenvalue weighted by atomic mass is 16.3. The van der Waals surface area contributed by atoms with Gasteiger partial charge in [-0.3, -0.25) is 4.98 Å². The van der Waals surface area contributed by atoms with Gasteiger partial charge in [-0.1, -0.05) is 0 Å². The first kappa shape index (κ1) is 7.67. The Kier molecular flexibility index (Phi) is 1.88. The second-order valence-corrected chi connectivity index (χ2v) is 2.51. The lowest BCUT2D eigenvalue weighted by molar-refractivity contribution is 0.470. The second kappa shape index (κ2) is 3.18. The van der Waals surface area contributed by atoms with Gasteiger partial charge in [0.25, 0.3) is 0 Å². The minimum Gasteiger partial charge on any atom is -0.505 e. The molecule has 0 aliphatic carbocycles. The number of aromatic hydroxyl groups is 1. The summed E-state index contributed by atoms with van der Waals surface area (Å²) in [6, 6.07) is 3.67. The van der Waals surface area contributed by atoms with Crippen LogP contribution in [0, 0.1) is 0 Å². The van der Waals surface area contributed by atoms with Gasteiger partial charge in [0.15, 0.2) is 11.6 Å². The maximum atomic E-state index is 8.96. The third kappa shape index (κ3) is 1.61. The molecule has 0 amide bonds. The molecule has 0 spiro atoms. The molecule has 0 fully saturated rings. The van der Waals surface area contributed by atoms with Crippen LogP contribution in [0.2, 0.25) is 0 Å². The van der Waals surface area contributed by atoms with Crippen LogP contribution in [0.3, 0.4) is 0 Å². The molecule has 0 aliphatic heterocycles. The van der Waals surface area contributed by atoms with Gasteiger partial charge in [0.05, 0.1) is 12.4 Å². The molecule has 4 nitrogen and oxygen atoms in total. The fourth-order valence-electron chi connectivity index (χ4n) is 0.965. The Bertz CT molecular complexity index is 385. The average molecular weight is 173 g/mol. The lowest BCUT2D eigenvalue weighted by atomic mass is 10.3. The summed E-state index contributed by atoms with van der Waals surface area (Å²) in [5.41, 5.74) is 0.836. The zero-order chi connectivity index (χ0) is 9.10. The number of hydrogen-bond donors (Lipinski definition) is 1. The van der Waals surface area contributed by atoms with Crippen molar-refractivity contribution in [2.24, 2.45) is 0 Å². The lowest BCUT2D eigenvalue weighted by Gasteiger charge is -1.97. The molecule has 13 heavy (non-hydrogen) atoms. The largest absolute Gasteiger partial charge is 0.505 e. The van der Waals surface area contributed by atoms with Crippen LogP contribution in [0.25, 0.3) is 11.4 Å². The Hall–Kier alpha value is -1.97. The van der Waals surface area contributed by atoms with Gasteiger partial charge in [0.2, 0.25) is 0 Å². The minimum absolute atomic E-state index is 0.0626. The van der Waals surface area contributed by atoms with Gasteiger partial charge in [-0.15, -0.1) is 0 Å². The molecule has 2 aromatic heterocycles. The predicted molar refractivity (Wildman–Crippen MR) is 46.9 cm³/mol. The summed E-state index contributed by atoms with van der Waals surface area (Å²) in [5.74, 6) is 0.624. The number of nitrogens with zero attached hydrogens (tertiary/aromatic N) is 3. The highest BCUT2D eigenvalue weighted by molar-refractivity contribution is 5.52. The summed E-state index contributed by atoms with van der Waals surface area (Å²) in [6.07, 6.45) is 6.07. The summed E-state index contributed by atoms with van der Waals surface area (Å²) in [5, 5.41) is 8.96. The van der Waals surface area contributed by atoms with E-state index in [2.05, 4.69) is 15.0 Å². The zero-order valence-electron chi connectivity index (χ0n) is 6.75. The van der Waals surface area contributed by atoms with E-state index in [4.69, 9.17) is 5.11 Å². The molecule has 0 saturated heterocycles. The van der Waals surface area contributed by atoms with Crippen LogP contribution in [-0.4, -0.2) is 20.1 Å². The van der Waals surface area contributed by atoms with E-state index in [1.54, 1.807) is 12.4 Å². The van der Waals surface area contributed by atoms with E-state index in [1.807, 2.05) is 12.1 Å². The average Bonchev–Trinajstić information content (AvgIpc) is 2.20. The van der Waals surface area contributed by atoms with Crippen LogP contribution < -0.4 is 0 Å². The van der Waals surface area contributed by atoms with E-state index in [0.29, 0.717) is 5.82 Å². The maximum Gasteiger partial charge on any atom is 0.160 e. The van der Waals surface area contributed by atoms with Gasteiger partial charge in [-0.25, -0.2) is 9.97 Å². The van der Waals surface area contributed by atoms with Crippen LogP contribution in [-0.2, 0) is 0 Å². The molecule has 0 aromatic carbocycles. The van der Waals surface area contributed by atoms with Crippen molar-refractivity contribution in [1.82, 2.24) is 15.0 Å². The molecule has 2 aromatic rings. The first-order valence-electron chi connectivity index (χ1n) is 3.77. The number of pyridine rings is 1. The van der Waals surface area contributed by atoms with Crippen molar-refractivity contribution in [3.8, 4) is 17.1 Å². The molecule has 0 aliphatic rings. The maximum absolute atomic E-state index is 8.96. The van der Waals surface area contributed by atoms with Gasteiger partial charge in [0.1, 0.15) is 0 Å².